The van der Waals surface area contributed by atoms with Crippen LogP contribution in [0, 0.1) is 6.92 Å². The lowest BCUT2D eigenvalue weighted by Gasteiger charge is -2.17. The van der Waals surface area contributed by atoms with Gasteiger partial charge in [-0.1, -0.05) is 26.0 Å². The molecule has 1 amide bonds. The van der Waals surface area contributed by atoms with Gasteiger partial charge in [0.2, 0.25) is 0 Å². The Morgan fingerprint density at radius 1 is 1.14 bits per heavy atom. The first-order chi connectivity index (χ1) is 14.1. The maximum atomic E-state index is 12.3. The highest BCUT2D eigenvalue weighted by molar-refractivity contribution is 7.18. The number of aryl methyl sites for hydroxylation is 1. The maximum absolute atomic E-state index is 12.3. The predicted molar refractivity (Wildman–Crippen MR) is 121 cm³/mol. The van der Waals surface area contributed by atoms with Gasteiger partial charge >= 0.3 is 0 Å². The topological polar surface area (TPSA) is 70.2 Å². The second-order valence-electron chi connectivity index (χ2n) is 6.98. The first-order valence-electron chi connectivity index (χ1n) is 10.1. The van der Waals surface area contributed by atoms with E-state index in [1.54, 1.807) is 17.7 Å². The van der Waals surface area contributed by atoms with E-state index >= 15 is 0 Å². The molecule has 2 heterocycles. The minimum Gasteiger partial charge on any atom is -0.365 e. The van der Waals surface area contributed by atoms with Crippen molar-refractivity contribution in [2.45, 2.75) is 33.7 Å². The van der Waals surface area contributed by atoms with Gasteiger partial charge < -0.3 is 15.5 Å². The number of carbonyl (C=O) groups excluding carboxylic acids is 1. The lowest BCUT2D eigenvalue weighted by Crippen LogP contribution is -2.29. The molecule has 2 N–H and O–H groups in total. The van der Waals surface area contributed by atoms with Crippen LogP contribution in [0.15, 0.2) is 36.7 Å². The van der Waals surface area contributed by atoms with Crippen LogP contribution >= 0.6 is 11.3 Å². The highest BCUT2D eigenvalue weighted by atomic mass is 32.1. The van der Waals surface area contributed by atoms with Crippen LogP contribution < -0.4 is 10.6 Å². The Morgan fingerprint density at radius 2 is 1.90 bits per heavy atom. The molecule has 29 heavy (non-hydrogen) atoms. The number of aromatic nitrogens is 2. The summed E-state index contributed by atoms with van der Waals surface area (Å²) < 4.78 is 0. The summed E-state index contributed by atoms with van der Waals surface area (Å²) in [6.07, 6.45) is 2.55. The molecule has 6 nitrogen and oxygen atoms in total. The van der Waals surface area contributed by atoms with Crippen molar-refractivity contribution in [3.8, 4) is 0 Å². The third-order valence-corrected chi connectivity index (χ3v) is 5.92. The van der Waals surface area contributed by atoms with E-state index in [0.29, 0.717) is 18.7 Å². The highest BCUT2D eigenvalue weighted by Crippen LogP contribution is 2.27. The number of thiophene rings is 1. The van der Waals surface area contributed by atoms with Crippen LogP contribution in [0.25, 0.3) is 10.2 Å². The van der Waals surface area contributed by atoms with E-state index in [1.165, 1.54) is 4.88 Å². The molecular weight excluding hydrogens is 382 g/mol. The Labute approximate surface area is 176 Å². The Bertz CT molecular complexity index is 934. The number of rotatable bonds is 10. The fraction of sp³-hybridized carbons (Fsp3) is 0.409. The van der Waals surface area contributed by atoms with E-state index in [1.807, 2.05) is 24.3 Å². The Kier molecular flexibility index (Phi) is 7.55. The monoisotopic (exact) mass is 411 g/mol. The molecule has 0 aliphatic rings. The third kappa shape index (κ3) is 5.74. The molecule has 0 spiro atoms. The van der Waals surface area contributed by atoms with Gasteiger partial charge in [-0.2, -0.15) is 0 Å². The standard InChI is InChI=1S/C22H29N5OS/c1-4-27(5-2)12-6-11-23-21(28)18-9-7-17(8-10-18)14-24-20-19-13-16(3)29-22(19)26-15-25-20/h7-10,13,15H,4-6,11-12,14H2,1-3H3,(H,23,28)(H,24,25,26). The number of fused-ring (bicyclic) bond motifs is 1. The van der Waals surface area contributed by atoms with Gasteiger partial charge in [0.1, 0.15) is 17.0 Å². The zero-order chi connectivity index (χ0) is 20.6. The first kappa shape index (κ1) is 21.2. The number of carbonyl (C=O) groups is 1. The SMILES string of the molecule is CCN(CC)CCCNC(=O)c1ccc(CNc2ncnc3sc(C)cc23)cc1. The van der Waals surface area contributed by atoms with Crippen molar-refractivity contribution in [3.63, 3.8) is 0 Å². The van der Waals surface area contributed by atoms with Crippen LogP contribution in [0.1, 0.15) is 41.1 Å². The molecule has 0 radical (unpaired) electrons. The highest BCUT2D eigenvalue weighted by Gasteiger charge is 2.08. The molecule has 0 bridgehead atoms. The number of nitrogens with one attached hydrogen (secondary N) is 2. The van der Waals surface area contributed by atoms with Crippen LogP contribution in [0.4, 0.5) is 5.82 Å². The smallest absolute Gasteiger partial charge is 0.251 e. The van der Waals surface area contributed by atoms with E-state index in [9.17, 15) is 4.79 Å². The molecule has 7 heteroatoms. The lowest BCUT2D eigenvalue weighted by molar-refractivity contribution is 0.0952. The number of benzene rings is 1. The minimum absolute atomic E-state index is 0.0182. The van der Waals surface area contributed by atoms with Crippen LogP contribution in [0.5, 0.6) is 0 Å². The number of hydrogen-bond acceptors (Lipinski definition) is 6. The fourth-order valence-corrected chi connectivity index (χ4v) is 4.07. The first-order valence-corrected chi connectivity index (χ1v) is 11.0. The molecule has 0 atom stereocenters. The second kappa shape index (κ2) is 10.3. The van der Waals surface area contributed by atoms with E-state index in [4.69, 9.17) is 0 Å². The van der Waals surface area contributed by atoms with Crippen molar-refractivity contribution >= 4 is 33.3 Å². The van der Waals surface area contributed by atoms with Crippen LogP contribution in [0.2, 0.25) is 0 Å². The summed E-state index contributed by atoms with van der Waals surface area (Å²) in [6.45, 7) is 10.8. The maximum Gasteiger partial charge on any atom is 0.251 e. The number of hydrogen-bond donors (Lipinski definition) is 2. The second-order valence-corrected chi connectivity index (χ2v) is 8.22. The molecule has 0 saturated carbocycles. The Hall–Kier alpha value is -2.51. The molecule has 2 aromatic heterocycles. The third-order valence-electron chi connectivity index (χ3n) is 4.96. The van der Waals surface area contributed by atoms with Crippen LogP contribution in [-0.4, -0.2) is 47.0 Å². The average molecular weight is 412 g/mol. The molecule has 0 unspecified atom stereocenters. The van der Waals surface area contributed by atoms with E-state index in [2.05, 4.69) is 52.3 Å². The Balaban J connectivity index is 1.50. The molecule has 154 valence electrons. The number of nitrogens with zero attached hydrogens (tertiary/aromatic N) is 3. The van der Waals surface area contributed by atoms with Crippen molar-refractivity contribution in [3.05, 3.63) is 52.7 Å². The van der Waals surface area contributed by atoms with Gasteiger partial charge in [0, 0.05) is 23.5 Å². The van der Waals surface area contributed by atoms with Gasteiger partial charge in [-0.15, -0.1) is 11.3 Å². The van der Waals surface area contributed by atoms with Gasteiger partial charge in [-0.3, -0.25) is 4.79 Å². The summed E-state index contributed by atoms with van der Waals surface area (Å²) in [7, 11) is 0. The lowest BCUT2D eigenvalue weighted by atomic mass is 10.1. The zero-order valence-corrected chi connectivity index (χ0v) is 18.2. The molecule has 0 aliphatic heterocycles. The van der Waals surface area contributed by atoms with Crippen LogP contribution in [0.3, 0.4) is 0 Å². The van der Waals surface area contributed by atoms with Crippen LogP contribution in [-0.2, 0) is 6.54 Å². The summed E-state index contributed by atoms with van der Waals surface area (Å²) in [5.41, 5.74) is 1.79. The van der Waals surface area contributed by atoms with Gasteiger partial charge in [-0.05, 0) is 56.7 Å². The van der Waals surface area contributed by atoms with E-state index < -0.39 is 0 Å². The van der Waals surface area contributed by atoms with Crippen molar-refractivity contribution in [1.82, 2.24) is 20.2 Å². The largest absolute Gasteiger partial charge is 0.365 e. The van der Waals surface area contributed by atoms with Gasteiger partial charge in [0.25, 0.3) is 5.91 Å². The van der Waals surface area contributed by atoms with Crippen molar-refractivity contribution < 1.29 is 4.79 Å². The molecule has 3 aromatic rings. The van der Waals surface area contributed by atoms with Crippen molar-refractivity contribution in [2.75, 3.05) is 31.5 Å². The summed E-state index contributed by atoms with van der Waals surface area (Å²) >= 11 is 1.67. The molecule has 0 aliphatic carbocycles. The normalized spacial score (nSPS) is 11.2. The van der Waals surface area contributed by atoms with Crippen molar-refractivity contribution in [1.29, 1.82) is 0 Å². The minimum atomic E-state index is -0.0182. The summed E-state index contributed by atoms with van der Waals surface area (Å²) in [5, 5.41) is 7.44. The molecular formula is C22H29N5OS. The van der Waals surface area contributed by atoms with Crippen molar-refractivity contribution in [2.24, 2.45) is 0 Å². The van der Waals surface area contributed by atoms with E-state index in [-0.39, 0.29) is 5.91 Å². The summed E-state index contributed by atoms with van der Waals surface area (Å²) in [4.78, 5) is 25.6. The Morgan fingerprint density at radius 3 is 2.62 bits per heavy atom. The molecule has 0 saturated heterocycles. The number of anilines is 1. The van der Waals surface area contributed by atoms with E-state index in [0.717, 1.165) is 47.7 Å². The quantitative estimate of drug-likeness (QED) is 0.492. The predicted octanol–water partition coefficient (Wildman–Crippen LogP) is 4.07. The van der Waals surface area contributed by atoms with Gasteiger partial charge in [0.15, 0.2) is 0 Å². The average Bonchev–Trinajstić information content (AvgIpc) is 3.13. The number of amides is 1. The fourth-order valence-electron chi connectivity index (χ4n) is 3.22. The van der Waals surface area contributed by atoms with Gasteiger partial charge in [-0.25, -0.2) is 9.97 Å². The van der Waals surface area contributed by atoms with Gasteiger partial charge in [0.05, 0.1) is 5.39 Å². The summed E-state index contributed by atoms with van der Waals surface area (Å²) in [6, 6.07) is 9.82. The molecule has 1 aromatic carbocycles. The zero-order valence-electron chi connectivity index (χ0n) is 17.4. The molecule has 0 fully saturated rings. The molecule has 3 rings (SSSR count). The summed E-state index contributed by atoms with van der Waals surface area (Å²) in [5.74, 6) is 0.824.